The Labute approximate surface area is 121 Å². The molecule has 0 N–H and O–H groups in total. The molecule has 0 aliphatic heterocycles. The first-order chi connectivity index (χ1) is 9.91. The average Bonchev–Trinajstić information content (AvgIpc) is 2.46. The Morgan fingerprint density at radius 1 is 1.10 bits per heavy atom. The number of pyridine rings is 1. The zero-order valence-electron chi connectivity index (χ0n) is 11.7. The molecule has 3 nitrogen and oxygen atoms in total. The van der Waals surface area contributed by atoms with Crippen molar-refractivity contribution in [1.82, 2.24) is 4.98 Å². The second-order valence-corrected chi connectivity index (χ2v) is 4.57. The van der Waals surface area contributed by atoms with Gasteiger partial charge in [0.2, 0.25) is 5.88 Å². The Bertz CT molecular complexity index is 600. The summed E-state index contributed by atoms with van der Waals surface area (Å²) in [4.78, 5) is 5.70. The minimum absolute atomic E-state index is 0.417. The zero-order valence-corrected chi connectivity index (χ0v) is 11.7. The molecule has 0 spiro atoms. The third kappa shape index (κ3) is 3.65. The van der Waals surface area contributed by atoms with Crippen molar-refractivity contribution in [2.24, 2.45) is 0 Å². The monoisotopic (exact) mass is 296 g/mol. The maximum absolute atomic E-state index is 12.8. The second-order valence-electron chi connectivity index (χ2n) is 4.57. The maximum Gasteiger partial charge on any atom is 0.421 e. The van der Waals surface area contributed by atoms with Crippen molar-refractivity contribution >= 4 is 5.82 Å². The van der Waals surface area contributed by atoms with Crippen molar-refractivity contribution in [3.05, 3.63) is 53.6 Å². The lowest BCUT2D eigenvalue weighted by Crippen LogP contribution is -2.19. The van der Waals surface area contributed by atoms with Crippen molar-refractivity contribution < 1.29 is 17.9 Å². The molecule has 0 saturated carbocycles. The first-order valence-corrected chi connectivity index (χ1v) is 6.29. The van der Waals surface area contributed by atoms with Crippen LogP contribution in [0.25, 0.3) is 0 Å². The van der Waals surface area contributed by atoms with Crippen LogP contribution in [0.3, 0.4) is 0 Å². The minimum atomic E-state index is -4.48. The summed E-state index contributed by atoms with van der Waals surface area (Å²) in [5, 5.41) is 0. The lowest BCUT2D eigenvalue weighted by Gasteiger charge is -2.20. The molecule has 2 aromatic rings. The highest BCUT2D eigenvalue weighted by Gasteiger charge is 2.35. The summed E-state index contributed by atoms with van der Waals surface area (Å²) in [7, 11) is 2.95. The van der Waals surface area contributed by atoms with Crippen LogP contribution in [0.15, 0.2) is 42.5 Å². The van der Waals surface area contributed by atoms with E-state index in [1.54, 1.807) is 11.9 Å². The molecule has 1 heterocycles. The molecule has 6 heteroatoms. The molecule has 0 aliphatic carbocycles. The average molecular weight is 296 g/mol. The number of halogens is 3. The summed E-state index contributed by atoms with van der Waals surface area (Å²) in [6.45, 7) is 0.544. The molecule has 1 aromatic heterocycles. The van der Waals surface area contributed by atoms with Crippen molar-refractivity contribution in [3.63, 3.8) is 0 Å². The molecule has 0 unspecified atom stereocenters. The summed E-state index contributed by atoms with van der Waals surface area (Å²) in [5.74, 6) is 0.00335. The number of benzene rings is 1. The summed E-state index contributed by atoms with van der Waals surface area (Å²) in [5.41, 5.74) is 0.169. The number of rotatable bonds is 4. The van der Waals surface area contributed by atoms with E-state index in [0.717, 1.165) is 11.6 Å². The van der Waals surface area contributed by atoms with E-state index in [9.17, 15) is 13.2 Å². The van der Waals surface area contributed by atoms with Crippen LogP contribution in [0.5, 0.6) is 5.88 Å². The van der Waals surface area contributed by atoms with Crippen LogP contribution in [-0.2, 0) is 12.7 Å². The van der Waals surface area contributed by atoms with Gasteiger partial charge < -0.3 is 9.64 Å². The third-order valence-electron chi connectivity index (χ3n) is 3.00. The van der Waals surface area contributed by atoms with Crippen molar-refractivity contribution in [3.8, 4) is 5.88 Å². The minimum Gasteiger partial charge on any atom is -0.481 e. The van der Waals surface area contributed by atoms with Gasteiger partial charge in [0.1, 0.15) is 11.4 Å². The quantitative estimate of drug-likeness (QED) is 0.859. The number of nitrogens with zero attached hydrogens (tertiary/aromatic N) is 2. The van der Waals surface area contributed by atoms with E-state index in [1.165, 1.54) is 13.2 Å². The number of hydrogen-bond acceptors (Lipinski definition) is 3. The predicted octanol–water partition coefficient (Wildman–Crippen LogP) is 3.75. The molecule has 0 aliphatic rings. The fourth-order valence-electron chi connectivity index (χ4n) is 1.95. The molecule has 1 aromatic carbocycles. The van der Waals surface area contributed by atoms with Gasteiger partial charge in [0.15, 0.2) is 0 Å². The number of alkyl halides is 3. The number of anilines is 1. The van der Waals surface area contributed by atoms with Crippen LogP contribution in [-0.4, -0.2) is 19.1 Å². The molecular formula is C15H15F3N2O. The van der Waals surface area contributed by atoms with Crippen LogP contribution < -0.4 is 9.64 Å². The summed E-state index contributed by atoms with van der Waals surface area (Å²) < 4.78 is 43.1. The Balaban J connectivity index is 2.24. The fourth-order valence-corrected chi connectivity index (χ4v) is 1.95. The first kappa shape index (κ1) is 15.2. The van der Waals surface area contributed by atoms with Crippen LogP contribution in [0.4, 0.5) is 19.0 Å². The third-order valence-corrected chi connectivity index (χ3v) is 3.00. The lowest BCUT2D eigenvalue weighted by molar-refractivity contribution is -0.139. The molecule has 21 heavy (non-hydrogen) atoms. The van der Waals surface area contributed by atoms with E-state index >= 15 is 0 Å². The van der Waals surface area contributed by atoms with E-state index in [-0.39, 0.29) is 0 Å². The Morgan fingerprint density at radius 2 is 1.76 bits per heavy atom. The van der Waals surface area contributed by atoms with Gasteiger partial charge >= 0.3 is 6.18 Å². The van der Waals surface area contributed by atoms with E-state index in [1.807, 2.05) is 30.3 Å². The Morgan fingerprint density at radius 3 is 2.33 bits per heavy atom. The van der Waals surface area contributed by atoms with E-state index in [2.05, 4.69) is 4.98 Å². The van der Waals surface area contributed by atoms with E-state index in [4.69, 9.17) is 4.74 Å². The van der Waals surface area contributed by atoms with Crippen LogP contribution in [0.2, 0.25) is 0 Å². The van der Waals surface area contributed by atoms with Gasteiger partial charge in [-0.25, -0.2) is 0 Å². The highest BCUT2D eigenvalue weighted by Crippen LogP contribution is 2.36. The number of aromatic nitrogens is 1. The van der Waals surface area contributed by atoms with Gasteiger partial charge in [-0.15, -0.1) is 0 Å². The summed E-state index contributed by atoms with van der Waals surface area (Å²) >= 11 is 0. The van der Waals surface area contributed by atoms with Gasteiger partial charge in [0, 0.05) is 13.6 Å². The van der Waals surface area contributed by atoms with Gasteiger partial charge in [0.25, 0.3) is 0 Å². The molecule has 0 radical (unpaired) electrons. The number of ether oxygens (including phenoxy) is 1. The number of hydrogen-bond donors (Lipinski definition) is 0. The lowest BCUT2D eigenvalue weighted by atomic mass is 10.2. The van der Waals surface area contributed by atoms with Gasteiger partial charge in [-0.1, -0.05) is 30.3 Å². The van der Waals surface area contributed by atoms with Crippen molar-refractivity contribution in [1.29, 1.82) is 0 Å². The predicted molar refractivity (Wildman–Crippen MR) is 74.3 cm³/mol. The maximum atomic E-state index is 12.8. The molecule has 0 amide bonds. The summed E-state index contributed by atoms with van der Waals surface area (Å²) in [6, 6.07) is 11.9. The van der Waals surface area contributed by atoms with Crippen molar-refractivity contribution in [2.45, 2.75) is 12.7 Å². The van der Waals surface area contributed by atoms with Crippen LogP contribution >= 0.6 is 0 Å². The van der Waals surface area contributed by atoms with Gasteiger partial charge in [-0.3, -0.25) is 0 Å². The normalized spacial score (nSPS) is 11.3. The molecule has 0 atom stereocenters. The molecular weight excluding hydrogens is 281 g/mol. The molecule has 112 valence electrons. The van der Waals surface area contributed by atoms with E-state index in [0.29, 0.717) is 12.4 Å². The highest BCUT2D eigenvalue weighted by atomic mass is 19.4. The fraction of sp³-hybridized carbons (Fsp3) is 0.267. The van der Waals surface area contributed by atoms with Gasteiger partial charge in [-0.05, 0) is 17.7 Å². The molecule has 0 fully saturated rings. The smallest absolute Gasteiger partial charge is 0.421 e. The second kappa shape index (κ2) is 6.03. The molecule has 2 rings (SSSR count). The topological polar surface area (TPSA) is 25.4 Å². The van der Waals surface area contributed by atoms with Crippen LogP contribution in [0, 0.1) is 0 Å². The molecule has 0 saturated heterocycles. The van der Waals surface area contributed by atoms with Gasteiger partial charge in [0.05, 0.1) is 7.11 Å². The highest BCUT2D eigenvalue weighted by molar-refractivity contribution is 5.45. The first-order valence-electron chi connectivity index (χ1n) is 6.29. The Kier molecular flexibility index (Phi) is 4.35. The number of methoxy groups -OCH3 is 1. The van der Waals surface area contributed by atoms with Crippen LogP contribution in [0.1, 0.15) is 11.1 Å². The van der Waals surface area contributed by atoms with E-state index < -0.39 is 17.6 Å². The Hall–Kier alpha value is -2.24. The molecule has 0 bridgehead atoms. The standard InChI is InChI=1S/C15H15F3N2O/c1-20(10-11-6-4-3-5-7-11)13-9-8-12(15(16,17)18)14(19-13)21-2/h3-9H,10H2,1-2H3. The van der Waals surface area contributed by atoms with Gasteiger partial charge in [-0.2, -0.15) is 18.2 Å². The largest absolute Gasteiger partial charge is 0.481 e. The van der Waals surface area contributed by atoms with Crippen molar-refractivity contribution in [2.75, 3.05) is 19.1 Å². The summed E-state index contributed by atoms with van der Waals surface area (Å²) in [6.07, 6.45) is -4.48. The SMILES string of the molecule is COc1nc(N(C)Cc2ccccc2)ccc1C(F)(F)F. The zero-order chi connectivity index (χ0) is 15.5.